The van der Waals surface area contributed by atoms with Gasteiger partial charge in [0.05, 0.1) is 0 Å². The zero-order chi connectivity index (χ0) is 12.2. The van der Waals surface area contributed by atoms with Crippen molar-refractivity contribution in [1.82, 2.24) is 0 Å². The van der Waals surface area contributed by atoms with Crippen molar-refractivity contribution in [3.8, 4) is 0 Å². The van der Waals surface area contributed by atoms with Crippen molar-refractivity contribution in [1.29, 1.82) is 0 Å². The Morgan fingerprint density at radius 3 is 2.38 bits per heavy atom. The van der Waals surface area contributed by atoms with Gasteiger partial charge in [0.1, 0.15) is 0 Å². The molecule has 1 rings (SSSR count). The molecule has 0 amide bonds. The van der Waals surface area contributed by atoms with Crippen LogP contribution in [0.5, 0.6) is 0 Å². The quantitative estimate of drug-likeness (QED) is 0.598. The average molecular weight is 238 g/mol. The van der Waals surface area contributed by atoms with Crippen molar-refractivity contribution in [3.63, 3.8) is 0 Å². The summed E-state index contributed by atoms with van der Waals surface area (Å²) in [6.07, 6.45) is 0.288. The number of hydrogen-bond acceptors (Lipinski definition) is 3. The molecule has 0 radical (unpaired) electrons. The maximum absolute atomic E-state index is 12.4. The lowest BCUT2D eigenvalue weighted by molar-refractivity contribution is -0.129. The van der Waals surface area contributed by atoms with Crippen LogP contribution >= 0.6 is 7.37 Å². The Labute approximate surface area is 95.6 Å². The molecule has 4 heteroatoms. The summed E-state index contributed by atoms with van der Waals surface area (Å²) in [4.78, 5) is 11.4. The van der Waals surface area contributed by atoms with E-state index < -0.39 is 13.3 Å². The van der Waals surface area contributed by atoms with Gasteiger partial charge in [0.25, 0.3) is 7.37 Å². The third-order valence-corrected chi connectivity index (χ3v) is 4.52. The molecule has 0 saturated carbocycles. The van der Waals surface area contributed by atoms with Gasteiger partial charge >= 0.3 is 5.97 Å². The second kappa shape index (κ2) is 5.13. The predicted octanol–water partition coefficient (Wildman–Crippen LogP) is 2.73. The summed E-state index contributed by atoms with van der Waals surface area (Å²) in [6.45, 7) is 6.74. The molecule has 86 valence electrons. The van der Waals surface area contributed by atoms with E-state index in [4.69, 9.17) is 4.52 Å². The fourth-order valence-corrected chi connectivity index (χ4v) is 2.82. The molecule has 0 bridgehead atoms. The number of carbonyl (C=O) groups excluding carboxylic acids is 1. The van der Waals surface area contributed by atoms with Crippen molar-refractivity contribution in [3.05, 3.63) is 42.5 Å². The highest BCUT2D eigenvalue weighted by molar-refractivity contribution is 7.67. The molecule has 3 nitrogen and oxygen atoms in total. The average Bonchev–Trinajstić information content (AvgIpc) is 2.29. The molecular formula is C12H15O3P. The Hall–Kier alpha value is -1.34. The van der Waals surface area contributed by atoms with Crippen LogP contribution in [0.25, 0.3) is 0 Å². The fraction of sp³-hybridized carbons (Fsp3) is 0.250. The van der Waals surface area contributed by atoms with E-state index >= 15 is 0 Å². The van der Waals surface area contributed by atoms with E-state index in [1.807, 2.05) is 6.07 Å². The zero-order valence-electron chi connectivity index (χ0n) is 9.47. The fourth-order valence-electron chi connectivity index (χ4n) is 1.17. The number of rotatable bonds is 4. The Morgan fingerprint density at radius 1 is 1.38 bits per heavy atom. The normalized spacial score (nSPS) is 13.9. The van der Waals surface area contributed by atoms with Crippen molar-refractivity contribution < 1.29 is 13.9 Å². The summed E-state index contributed by atoms with van der Waals surface area (Å²) in [5, 5.41) is 0.562. The summed E-state index contributed by atoms with van der Waals surface area (Å²) in [5.74, 6) is -0.603. The summed E-state index contributed by atoms with van der Waals surface area (Å²) in [5.41, 5.74) is 0.254. The van der Waals surface area contributed by atoms with Gasteiger partial charge in [0, 0.05) is 17.0 Å². The van der Waals surface area contributed by atoms with Gasteiger partial charge in [-0.3, -0.25) is 4.57 Å². The zero-order valence-corrected chi connectivity index (χ0v) is 10.4. The van der Waals surface area contributed by atoms with Gasteiger partial charge in [-0.15, -0.1) is 0 Å². The van der Waals surface area contributed by atoms with Crippen LogP contribution in [-0.2, 0) is 13.9 Å². The first kappa shape index (κ1) is 12.7. The molecule has 0 fully saturated rings. The molecular weight excluding hydrogens is 223 g/mol. The highest BCUT2D eigenvalue weighted by Gasteiger charge is 2.27. The first-order chi connectivity index (χ1) is 7.49. The minimum absolute atomic E-state index is 0.254. The molecule has 0 spiro atoms. The Bertz CT molecular complexity index is 437. The predicted molar refractivity (Wildman–Crippen MR) is 65.1 cm³/mol. The summed E-state index contributed by atoms with van der Waals surface area (Å²) in [6, 6.07) is 8.77. The van der Waals surface area contributed by atoms with Gasteiger partial charge in [-0.25, -0.2) is 4.79 Å². The number of carbonyl (C=O) groups is 1. The molecule has 0 saturated heterocycles. The summed E-state index contributed by atoms with van der Waals surface area (Å²) >= 11 is 0. The molecule has 1 unspecified atom stereocenters. The Balaban J connectivity index is 3.00. The molecule has 1 aromatic rings. The minimum atomic E-state index is -3.07. The van der Waals surface area contributed by atoms with E-state index in [1.165, 1.54) is 6.92 Å². The van der Waals surface area contributed by atoms with E-state index in [-0.39, 0.29) is 11.7 Å². The van der Waals surface area contributed by atoms with E-state index in [0.717, 1.165) is 0 Å². The molecule has 0 aliphatic carbocycles. The van der Waals surface area contributed by atoms with Gasteiger partial charge < -0.3 is 4.52 Å². The van der Waals surface area contributed by atoms with Crippen LogP contribution < -0.4 is 5.30 Å². The Morgan fingerprint density at radius 2 is 1.94 bits per heavy atom. The maximum atomic E-state index is 12.4. The first-order valence-electron chi connectivity index (χ1n) is 5.03. The van der Waals surface area contributed by atoms with Gasteiger partial charge in [-0.05, 0) is 19.1 Å². The Kier molecular flexibility index (Phi) is 4.08. The third kappa shape index (κ3) is 2.83. The van der Waals surface area contributed by atoms with E-state index in [9.17, 15) is 9.36 Å². The minimum Gasteiger partial charge on any atom is -0.405 e. The van der Waals surface area contributed by atoms with Crippen molar-refractivity contribution in [2.45, 2.75) is 13.8 Å². The molecule has 0 N–H and O–H groups in total. The van der Waals surface area contributed by atoms with E-state index in [2.05, 4.69) is 6.58 Å². The van der Waals surface area contributed by atoms with Crippen molar-refractivity contribution >= 4 is 18.6 Å². The van der Waals surface area contributed by atoms with Crippen LogP contribution in [0.3, 0.4) is 0 Å². The molecule has 1 aromatic carbocycles. The molecule has 0 heterocycles. The van der Waals surface area contributed by atoms with Crippen LogP contribution in [0, 0.1) is 0 Å². The van der Waals surface area contributed by atoms with E-state index in [0.29, 0.717) is 5.30 Å². The highest BCUT2D eigenvalue weighted by atomic mass is 31.2. The second-order valence-electron chi connectivity index (χ2n) is 3.48. The first-order valence-corrected chi connectivity index (χ1v) is 6.84. The monoisotopic (exact) mass is 238 g/mol. The largest absolute Gasteiger partial charge is 0.405 e. The topological polar surface area (TPSA) is 43.4 Å². The summed E-state index contributed by atoms with van der Waals surface area (Å²) < 4.78 is 17.5. The number of hydrogen-bond donors (Lipinski definition) is 0. The standard InChI is InChI=1S/C12H15O3P/c1-4-16(14,15-12(13)10(2)3)11-8-6-5-7-9-11/h5-9H,2,4H2,1,3H3. The maximum Gasteiger partial charge on any atom is 0.338 e. The van der Waals surface area contributed by atoms with Crippen LogP contribution in [-0.4, -0.2) is 12.1 Å². The molecule has 0 aromatic heterocycles. The van der Waals surface area contributed by atoms with Crippen molar-refractivity contribution in [2.24, 2.45) is 0 Å². The molecule has 16 heavy (non-hydrogen) atoms. The van der Waals surface area contributed by atoms with E-state index in [1.54, 1.807) is 31.2 Å². The SMILES string of the molecule is C=C(C)C(=O)OP(=O)(CC)c1ccccc1. The number of benzene rings is 1. The second-order valence-corrected chi connectivity index (χ2v) is 6.16. The smallest absolute Gasteiger partial charge is 0.338 e. The van der Waals surface area contributed by atoms with Gasteiger partial charge in [0.15, 0.2) is 0 Å². The lowest BCUT2D eigenvalue weighted by Crippen LogP contribution is -2.13. The molecule has 0 aliphatic heterocycles. The molecule has 1 atom stereocenters. The summed E-state index contributed by atoms with van der Waals surface area (Å²) in [7, 11) is -3.07. The van der Waals surface area contributed by atoms with Crippen LogP contribution in [0.4, 0.5) is 0 Å². The lowest BCUT2D eigenvalue weighted by Gasteiger charge is -2.16. The van der Waals surface area contributed by atoms with Gasteiger partial charge in [-0.2, -0.15) is 0 Å². The highest BCUT2D eigenvalue weighted by Crippen LogP contribution is 2.45. The van der Waals surface area contributed by atoms with Crippen LogP contribution in [0.1, 0.15) is 13.8 Å². The lowest BCUT2D eigenvalue weighted by atomic mass is 10.4. The van der Waals surface area contributed by atoms with Crippen molar-refractivity contribution in [2.75, 3.05) is 6.16 Å². The van der Waals surface area contributed by atoms with Gasteiger partial charge in [0.2, 0.25) is 0 Å². The van der Waals surface area contributed by atoms with Crippen LogP contribution in [0.2, 0.25) is 0 Å². The van der Waals surface area contributed by atoms with Gasteiger partial charge in [-0.1, -0.05) is 31.7 Å². The molecule has 0 aliphatic rings. The third-order valence-electron chi connectivity index (χ3n) is 2.14. The van der Waals surface area contributed by atoms with Crippen LogP contribution in [0.15, 0.2) is 42.5 Å².